The Morgan fingerprint density at radius 1 is 0.966 bits per heavy atom. The summed E-state index contributed by atoms with van der Waals surface area (Å²) in [6.45, 7) is 0. The molecule has 1 N–H and O–H groups in total. The molecule has 0 saturated carbocycles. The fourth-order valence-electron chi connectivity index (χ4n) is 3.24. The molecule has 0 atom stereocenters. The number of para-hydroxylation sites is 1. The average molecular weight is 384 g/mol. The Hall–Kier alpha value is -3.93. The lowest BCUT2D eigenvalue weighted by molar-refractivity contribution is 0.0961. The van der Waals surface area contributed by atoms with Gasteiger partial charge in [-0.05, 0) is 42.0 Å². The molecule has 2 amide bonds. The molecule has 0 radical (unpaired) electrons. The second-order valence-corrected chi connectivity index (χ2v) is 6.66. The van der Waals surface area contributed by atoms with Crippen LogP contribution in [0.2, 0.25) is 0 Å². The zero-order chi connectivity index (χ0) is 20.4. The van der Waals surface area contributed by atoms with Crippen molar-refractivity contribution < 1.29 is 9.59 Å². The van der Waals surface area contributed by atoms with Crippen molar-refractivity contribution in [3.63, 3.8) is 0 Å². The van der Waals surface area contributed by atoms with Gasteiger partial charge in [-0.2, -0.15) is 5.10 Å². The van der Waals surface area contributed by atoms with Crippen LogP contribution in [0, 0.1) is 0 Å². The number of rotatable bonds is 4. The Morgan fingerprint density at radius 3 is 2.38 bits per heavy atom. The molecule has 2 aromatic carbocycles. The Labute approximate surface area is 168 Å². The Morgan fingerprint density at radius 2 is 1.69 bits per heavy atom. The third-order valence-corrected chi connectivity index (χ3v) is 4.90. The first kappa shape index (κ1) is 18.4. The summed E-state index contributed by atoms with van der Waals surface area (Å²) < 4.78 is 1.74. The van der Waals surface area contributed by atoms with Gasteiger partial charge in [-0.25, -0.2) is 4.52 Å². The quantitative estimate of drug-likeness (QED) is 0.584. The number of hydrogen-bond donors (Lipinski definition) is 1. The van der Waals surface area contributed by atoms with E-state index < -0.39 is 0 Å². The van der Waals surface area contributed by atoms with Gasteiger partial charge in [-0.15, -0.1) is 0 Å². The number of hydrogen-bond acceptors (Lipinski definition) is 3. The number of amides is 2. The number of pyridine rings is 1. The van der Waals surface area contributed by atoms with Crippen molar-refractivity contribution >= 4 is 23.0 Å². The molecular weight excluding hydrogens is 364 g/mol. The molecular formula is C23H20N4O2. The predicted octanol–water partition coefficient (Wildman–Crippen LogP) is 3.64. The van der Waals surface area contributed by atoms with Gasteiger partial charge in [0.05, 0.1) is 11.7 Å². The first-order valence-corrected chi connectivity index (χ1v) is 9.21. The van der Waals surface area contributed by atoms with Crippen LogP contribution in [0.25, 0.3) is 16.6 Å². The average Bonchev–Trinajstić information content (AvgIpc) is 3.21. The van der Waals surface area contributed by atoms with Crippen LogP contribution >= 0.6 is 0 Å². The number of carbonyl (C=O) groups excluding carboxylic acids is 2. The summed E-state index contributed by atoms with van der Waals surface area (Å²) in [6.07, 6.45) is 3.54. The lowest BCUT2D eigenvalue weighted by atomic mass is 10.0. The van der Waals surface area contributed by atoms with Gasteiger partial charge in [0.15, 0.2) is 0 Å². The van der Waals surface area contributed by atoms with E-state index in [1.54, 1.807) is 54.1 Å². The molecule has 0 aliphatic rings. The highest BCUT2D eigenvalue weighted by Crippen LogP contribution is 2.26. The number of nitrogens with one attached hydrogen (secondary N) is 1. The van der Waals surface area contributed by atoms with Crippen LogP contribution in [0.15, 0.2) is 79.1 Å². The van der Waals surface area contributed by atoms with Crippen LogP contribution in [0.4, 0.5) is 5.69 Å². The van der Waals surface area contributed by atoms with Crippen molar-refractivity contribution in [2.75, 3.05) is 19.0 Å². The molecule has 0 fully saturated rings. The zero-order valence-electron chi connectivity index (χ0n) is 16.2. The van der Waals surface area contributed by atoms with Gasteiger partial charge >= 0.3 is 0 Å². The maximum Gasteiger partial charge on any atom is 0.258 e. The molecule has 2 aromatic heterocycles. The van der Waals surface area contributed by atoms with Crippen LogP contribution in [-0.4, -0.2) is 35.5 Å². The van der Waals surface area contributed by atoms with Gasteiger partial charge < -0.3 is 10.2 Å². The van der Waals surface area contributed by atoms with E-state index in [9.17, 15) is 9.59 Å². The van der Waals surface area contributed by atoms with E-state index in [0.717, 1.165) is 22.3 Å². The fourth-order valence-corrected chi connectivity index (χ4v) is 3.24. The molecule has 0 saturated heterocycles. The number of aromatic nitrogens is 2. The second-order valence-electron chi connectivity index (χ2n) is 6.66. The molecule has 0 bridgehead atoms. The van der Waals surface area contributed by atoms with Crippen molar-refractivity contribution in [2.45, 2.75) is 0 Å². The maximum atomic E-state index is 13.0. The SMILES string of the molecule is CNC(=O)c1ccc(-c2cnn3ccc(C(=O)N(C)c4ccccc4)cc23)cc1. The van der Waals surface area contributed by atoms with E-state index in [-0.39, 0.29) is 11.8 Å². The lowest BCUT2D eigenvalue weighted by Gasteiger charge is -2.17. The van der Waals surface area contributed by atoms with Gasteiger partial charge in [0.25, 0.3) is 11.8 Å². The number of anilines is 1. The number of nitrogens with zero attached hydrogens (tertiary/aromatic N) is 3. The van der Waals surface area contributed by atoms with Crippen molar-refractivity contribution in [3.8, 4) is 11.1 Å². The molecule has 0 aliphatic carbocycles. The largest absolute Gasteiger partial charge is 0.355 e. The van der Waals surface area contributed by atoms with Crippen molar-refractivity contribution in [1.82, 2.24) is 14.9 Å². The van der Waals surface area contributed by atoms with Gasteiger partial charge in [0.2, 0.25) is 0 Å². The normalized spacial score (nSPS) is 10.7. The standard InChI is InChI=1S/C23H20N4O2/c1-24-22(28)17-10-8-16(9-11-17)20-15-25-27-13-12-18(14-21(20)27)23(29)26(2)19-6-4-3-5-7-19/h3-15H,1-2H3,(H,24,28). The number of fused-ring (bicyclic) bond motifs is 1. The number of carbonyl (C=O) groups is 2. The Balaban J connectivity index is 1.69. The molecule has 6 nitrogen and oxygen atoms in total. The second kappa shape index (κ2) is 7.59. The van der Waals surface area contributed by atoms with E-state index in [1.807, 2.05) is 48.5 Å². The van der Waals surface area contributed by atoms with E-state index in [1.165, 1.54) is 0 Å². The van der Waals surface area contributed by atoms with Crippen molar-refractivity contribution in [1.29, 1.82) is 0 Å². The van der Waals surface area contributed by atoms with Gasteiger partial charge in [-0.1, -0.05) is 30.3 Å². The summed E-state index contributed by atoms with van der Waals surface area (Å²) in [7, 11) is 3.36. The van der Waals surface area contributed by atoms with Crippen LogP contribution < -0.4 is 10.2 Å². The highest BCUT2D eigenvalue weighted by molar-refractivity contribution is 6.06. The molecule has 29 heavy (non-hydrogen) atoms. The first-order chi connectivity index (χ1) is 14.1. The van der Waals surface area contributed by atoms with Crippen LogP contribution in [0.1, 0.15) is 20.7 Å². The summed E-state index contributed by atoms with van der Waals surface area (Å²) >= 11 is 0. The minimum absolute atomic E-state index is 0.0965. The highest BCUT2D eigenvalue weighted by atomic mass is 16.2. The third kappa shape index (κ3) is 3.48. The van der Waals surface area contributed by atoms with Gasteiger partial charge in [-0.3, -0.25) is 9.59 Å². The molecule has 2 heterocycles. The number of benzene rings is 2. The topological polar surface area (TPSA) is 66.7 Å². The van der Waals surface area contributed by atoms with Gasteiger partial charge in [0, 0.05) is 42.7 Å². The van der Waals surface area contributed by atoms with Gasteiger partial charge in [0.1, 0.15) is 0 Å². The van der Waals surface area contributed by atoms with E-state index in [4.69, 9.17) is 0 Å². The molecule has 144 valence electrons. The van der Waals surface area contributed by atoms with E-state index in [2.05, 4.69) is 10.4 Å². The Kier molecular flexibility index (Phi) is 4.83. The Bertz CT molecular complexity index is 1180. The van der Waals surface area contributed by atoms with E-state index in [0.29, 0.717) is 11.1 Å². The molecule has 0 aliphatic heterocycles. The smallest absolute Gasteiger partial charge is 0.258 e. The van der Waals surface area contributed by atoms with Crippen molar-refractivity contribution in [2.24, 2.45) is 0 Å². The summed E-state index contributed by atoms with van der Waals surface area (Å²) in [5.74, 6) is -0.228. The maximum absolute atomic E-state index is 13.0. The van der Waals surface area contributed by atoms with Crippen LogP contribution in [0.3, 0.4) is 0 Å². The summed E-state index contributed by atoms with van der Waals surface area (Å²) in [5, 5.41) is 7.00. The summed E-state index contributed by atoms with van der Waals surface area (Å²) in [6, 6.07) is 20.4. The highest BCUT2D eigenvalue weighted by Gasteiger charge is 2.16. The fraction of sp³-hybridized carbons (Fsp3) is 0.0870. The minimum atomic E-state index is -0.131. The summed E-state index contributed by atoms with van der Waals surface area (Å²) in [5.41, 5.74) is 4.64. The third-order valence-electron chi connectivity index (χ3n) is 4.90. The first-order valence-electron chi connectivity index (χ1n) is 9.21. The molecule has 4 aromatic rings. The molecule has 0 unspecified atom stereocenters. The van der Waals surface area contributed by atoms with Crippen LogP contribution in [-0.2, 0) is 0 Å². The van der Waals surface area contributed by atoms with Crippen molar-refractivity contribution in [3.05, 3.63) is 90.3 Å². The molecule has 6 heteroatoms. The van der Waals surface area contributed by atoms with E-state index >= 15 is 0 Å². The monoisotopic (exact) mass is 384 g/mol. The minimum Gasteiger partial charge on any atom is -0.355 e. The molecule has 4 rings (SSSR count). The van der Waals surface area contributed by atoms with Crippen LogP contribution in [0.5, 0.6) is 0 Å². The predicted molar refractivity (Wildman–Crippen MR) is 113 cm³/mol. The molecule has 0 spiro atoms. The lowest BCUT2D eigenvalue weighted by Crippen LogP contribution is -2.26. The summed E-state index contributed by atoms with van der Waals surface area (Å²) in [4.78, 5) is 26.3. The zero-order valence-corrected chi connectivity index (χ0v) is 16.2.